The molecule has 0 fully saturated rings. The molecule has 11 heteroatoms. The van der Waals surface area contributed by atoms with Crippen LogP contribution in [0.1, 0.15) is 33.6 Å². The zero-order valence-electron chi connectivity index (χ0n) is 20.4. The Hall–Kier alpha value is -4.38. The summed E-state index contributed by atoms with van der Waals surface area (Å²) in [6.45, 7) is 0. The van der Waals surface area contributed by atoms with E-state index in [1.165, 1.54) is 49.5 Å². The smallest absolute Gasteiger partial charge is 0.290 e. The monoisotopic (exact) mass is 515 g/mol. The van der Waals surface area contributed by atoms with Crippen LogP contribution in [0.3, 0.4) is 0 Å². The van der Waals surface area contributed by atoms with Crippen LogP contribution < -0.4 is 22.2 Å². The standard InChI is InChI=1S/C26H25N7O3S/c1-28-22(7-9-27)31-20-11-15(13-32(2)25(20)35)16-8-10-29-24(19(16)14-34)33-26(36)23-18(12-30-33)17-5-3-4-6-21(17)37-23/h7-14H,3-6,27H2,1-2H3,(H,28,31). The quantitative estimate of drug-likeness (QED) is 0.237. The molecular weight excluding hydrogens is 490 g/mol. The van der Waals surface area contributed by atoms with E-state index in [0.717, 1.165) is 31.1 Å². The van der Waals surface area contributed by atoms with Crippen LogP contribution in [0.5, 0.6) is 0 Å². The molecule has 0 atom stereocenters. The van der Waals surface area contributed by atoms with Crippen LogP contribution in [0, 0.1) is 0 Å². The molecule has 0 saturated carbocycles. The first kappa shape index (κ1) is 24.3. The normalized spacial score (nSPS) is 13.7. The second-order valence-corrected chi connectivity index (χ2v) is 9.79. The Balaban J connectivity index is 1.66. The summed E-state index contributed by atoms with van der Waals surface area (Å²) < 4.78 is 3.21. The number of pyridine rings is 2. The van der Waals surface area contributed by atoms with Crippen molar-refractivity contribution < 1.29 is 4.79 Å². The average Bonchev–Trinajstić information content (AvgIpc) is 3.30. The van der Waals surface area contributed by atoms with E-state index in [9.17, 15) is 14.4 Å². The highest BCUT2D eigenvalue weighted by atomic mass is 32.1. The predicted octanol–water partition coefficient (Wildman–Crippen LogP) is 2.81. The van der Waals surface area contributed by atoms with Crippen molar-refractivity contribution in [3.05, 3.63) is 79.7 Å². The van der Waals surface area contributed by atoms with E-state index in [0.29, 0.717) is 27.9 Å². The third-order valence-electron chi connectivity index (χ3n) is 6.44. The Kier molecular flexibility index (Phi) is 6.53. The van der Waals surface area contributed by atoms with E-state index in [2.05, 4.69) is 20.4 Å². The van der Waals surface area contributed by atoms with Crippen molar-refractivity contribution >= 4 is 39.2 Å². The highest BCUT2D eigenvalue weighted by molar-refractivity contribution is 7.19. The highest BCUT2D eigenvalue weighted by Crippen LogP contribution is 2.34. The lowest BCUT2D eigenvalue weighted by Gasteiger charge is -2.14. The number of amidine groups is 1. The summed E-state index contributed by atoms with van der Waals surface area (Å²) in [6, 6.07) is 3.29. The summed E-state index contributed by atoms with van der Waals surface area (Å²) in [4.78, 5) is 48.3. The number of nitrogens with two attached hydrogens (primary N) is 1. The number of rotatable bonds is 5. The Morgan fingerprint density at radius 1 is 1.24 bits per heavy atom. The van der Waals surface area contributed by atoms with Crippen molar-refractivity contribution in [2.24, 2.45) is 17.8 Å². The topological polar surface area (TPSA) is 137 Å². The number of nitrogens with zero attached hydrogens (tertiary/aromatic N) is 5. The molecule has 0 bridgehead atoms. The van der Waals surface area contributed by atoms with Gasteiger partial charge in [-0.1, -0.05) is 0 Å². The fourth-order valence-electron chi connectivity index (χ4n) is 4.65. The van der Waals surface area contributed by atoms with E-state index in [4.69, 9.17) is 5.73 Å². The number of aldehydes is 1. The van der Waals surface area contributed by atoms with Crippen molar-refractivity contribution in [3.63, 3.8) is 0 Å². The molecule has 1 aliphatic rings. The Bertz CT molecular complexity index is 1710. The van der Waals surface area contributed by atoms with Gasteiger partial charge in [0.25, 0.3) is 11.1 Å². The third kappa shape index (κ3) is 4.27. The SMILES string of the molecule is CN=C(C=CN)Nc1cc(-c2ccnc(-n3ncc4c5c(sc4c3=O)CCCC5)c2C=O)cn(C)c1=O. The first-order chi connectivity index (χ1) is 18.0. The van der Waals surface area contributed by atoms with Gasteiger partial charge in [-0.05, 0) is 61.2 Å². The van der Waals surface area contributed by atoms with Gasteiger partial charge in [0.05, 0.1) is 11.8 Å². The van der Waals surface area contributed by atoms with Crippen LogP contribution in [-0.2, 0) is 19.9 Å². The molecule has 0 unspecified atom stereocenters. The van der Waals surface area contributed by atoms with Gasteiger partial charge in [-0.3, -0.25) is 19.4 Å². The summed E-state index contributed by atoms with van der Waals surface area (Å²) in [5, 5.41) is 8.26. The molecule has 4 aromatic heterocycles. The Labute approximate surface area is 215 Å². The fourth-order valence-corrected chi connectivity index (χ4v) is 5.94. The number of hydrogen-bond acceptors (Lipinski definition) is 8. The van der Waals surface area contributed by atoms with E-state index < -0.39 is 0 Å². The minimum Gasteiger partial charge on any atom is -0.404 e. The molecule has 4 aromatic rings. The number of aromatic nitrogens is 4. The van der Waals surface area contributed by atoms with Gasteiger partial charge in [0.15, 0.2) is 12.1 Å². The number of nitrogens with one attached hydrogen (secondary N) is 1. The Morgan fingerprint density at radius 2 is 2.05 bits per heavy atom. The van der Waals surface area contributed by atoms with Crippen molar-refractivity contribution in [3.8, 4) is 16.9 Å². The number of aliphatic imine (C=N–C) groups is 1. The number of anilines is 1. The average molecular weight is 516 g/mol. The minimum atomic E-state index is -0.301. The number of aryl methyl sites for hydroxylation is 3. The third-order valence-corrected chi connectivity index (χ3v) is 7.74. The molecule has 0 amide bonds. The second kappa shape index (κ2) is 9.94. The van der Waals surface area contributed by atoms with Crippen LogP contribution in [0.2, 0.25) is 0 Å². The fraction of sp³-hybridized carbons (Fsp3) is 0.231. The number of thiophene rings is 1. The van der Waals surface area contributed by atoms with Crippen LogP contribution in [0.25, 0.3) is 27.0 Å². The Morgan fingerprint density at radius 3 is 2.81 bits per heavy atom. The molecule has 4 heterocycles. The molecule has 0 aromatic carbocycles. The molecule has 0 spiro atoms. The maximum absolute atomic E-state index is 13.5. The zero-order valence-corrected chi connectivity index (χ0v) is 21.2. The zero-order chi connectivity index (χ0) is 26.1. The maximum atomic E-state index is 13.5. The van der Waals surface area contributed by atoms with Gasteiger partial charge in [0, 0.05) is 42.3 Å². The van der Waals surface area contributed by atoms with Gasteiger partial charge in [0.1, 0.15) is 16.2 Å². The molecule has 3 N–H and O–H groups in total. The molecule has 0 radical (unpaired) electrons. The highest BCUT2D eigenvalue weighted by Gasteiger charge is 2.22. The number of fused-ring (bicyclic) bond motifs is 3. The van der Waals surface area contributed by atoms with Gasteiger partial charge in [0.2, 0.25) is 0 Å². The van der Waals surface area contributed by atoms with E-state index in [-0.39, 0.29) is 28.2 Å². The second-order valence-electron chi connectivity index (χ2n) is 8.68. The lowest BCUT2D eigenvalue weighted by Crippen LogP contribution is -2.24. The summed E-state index contributed by atoms with van der Waals surface area (Å²) in [6.07, 6.45) is 12.5. The molecule has 1 aliphatic carbocycles. The molecule has 10 nitrogen and oxygen atoms in total. The first-order valence-corrected chi connectivity index (χ1v) is 12.6. The molecule has 5 rings (SSSR count). The van der Waals surface area contributed by atoms with E-state index >= 15 is 0 Å². The summed E-state index contributed by atoms with van der Waals surface area (Å²) in [5.41, 5.74) is 7.60. The van der Waals surface area contributed by atoms with Crippen molar-refractivity contribution in [2.45, 2.75) is 25.7 Å². The minimum absolute atomic E-state index is 0.135. The molecule has 188 valence electrons. The van der Waals surface area contributed by atoms with Gasteiger partial charge in [-0.2, -0.15) is 9.78 Å². The number of hydrogen-bond donors (Lipinski definition) is 2. The van der Waals surface area contributed by atoms with Gasteiger partial charge >= 0.3 is 0 Å². The van der Waals surface area contributed by atoms with Gasteiger partial charge in [-0.15, -0.1) is 11.3 Å². The molecule has 37 heavy (non-hydrogen) atoms. The molecule has 0 aliphatic heterocycles. The maximum Gasteiger partial charge on any atom is 0.290 e. The van der Waals surface area contributed by atoms with E-state index in [1.54, 1.807) is 38.6 Å². The number of carbonyl (C=O) groups is 1. The molecule has 0 saturated heterocycles. The number of carbonyl (C=O) groups excluding carboxylic acids is 1. The van der Waals surface area contributed by atoms with Crippen LogP contribution >= 0.6 is 11.3 Å². The van der Waals surface area contributed by atoms with Gasteiger partial charge in [-0.25, -0.2) is 4.98 Å². The first-order valence-electron chi connectivity index (χ1n) is 11.8. The summed E-state index contributed by atoms with van der Waals surface area (Å²) >= 11 is 1.51. The predicted molar refractivity (Wildman–Crippen MR) is 146 cm³/mol. The van der Waals surface area contributed by atoms with Crippen molar-refractivity contribution in [1.29, 1.82) is 0 Å². The van der Waals surface area contributed by atoms with Crippen molar-refractivity contribution in [2.75, 3.05) is 12.4 Å². The van der Waals surface area contributed by atoms with Crippen LogP contribution in [0.4, 0.5) is 5.69 Å². The van der Waals surface area contributed by atoms with Crippen LogP contribution in [0.15, 0.2) is 57.6 Å². The summed E-state index contributed by atoms with van der Waals surface area (Å²) in [5.74, 6) is 0.529. The van der Waals surface area contributed by atoms with Crippen LogP contribution in [-0.4, -0.2) is 38.5 Å². The van der Waals surface area contributed by atoms with E-state index in [1.807, 2.05) is 0 Å². The largest absolute Gasteiger partial charge is 0.404 e. The lowest BCUT2D eigenvalue weighted by molar-refractivity contribution is 0.112. The lowest BCUT2D eigenvalue weighted by atomic mass is 9.97. The van der Waals surface area contributed by atoms with Crippen molar-refractivity contribution in [1.82, 2.24) is 19.3 Å². The molecular formula is C26H25N7O3S. The summed E-state index contributed by atoms with van der Waals surface area (Å²) in [7, 11) is 3.18. The van der Waals surface area contributed by atoms with Gasteiger partial charge < -0.3 is 15.6 Å².